The van der Waals surface area contributed by atoms with E-state index in [9.17, 15) is 22.0 Å². The van der Waals surface area contributed by atoms with Crippen molar-refractivity contribution in [2.45, 2.75) is 37.5 Å². The van der Waals surface area contributed by atoms with Crippen LogP contribution in [0.4, 0.5) is 8.78 Å². The maximum atomic E-state index is 12.7. The van der Waals surface area contributed by atoms with Crippen LogP contribution >= 0.6 is 0 Å². The molecule has 0 aliphatic rings. The third-order valence-corrected chi connectivity index (χ3v) is 6.41. The Morgan fingerprint density at radius 1 is 1.07 bits per heavy atom. The molecule has 0 aromatic heterocycles. The average molecular weight is 427 g/mol. The number of benzene rings is 2. The normalized spacial score (nSPS) is 13.6. The zero-order chi connectivity index (χ0) is 21.6. The number of hydrogen-bond acceptors (Lipinski definition) is 5. The van der Waals surface area contributed by atoms with E-state index in [0.29, 0.717) is 5.56 Å². The Kier molecular flexibility index (Phi) is 7.55. The summed E-state index contributed by atoms with van der Waals surface area (Å²) in [5, 5.41) is 1.40. The van der Waals surface area contributed by atoms with Crippen molar-refractivity contribution in [3.05, 3.63) is 59.7 Å². The Balaban J connectivity index is 2.10. The number of amides is 1. The molecule has 1 amide bonds. The van der Waals surface area contributed by atoms with Gasteiger partial charge in [-0.1, -0.05) is 36.4 Å². The molecule has 2 aromatic rings. The lowest BCUT2D eigenvalue weighted by Gasteiger charge is -2.18. The number of carbonyl (C=O) groups excluding carboxylic acids is 1. The number of carbonyl (C=O) groups is 1. The van der Waals surface area contributed by atoms with E-state index in [2.05, 4.69) is 10.1 Å². The van der Waals surface area contributed by atoms with E-state index in [1.54, 1.807) is 6.92 Å². The molecule has 2 atom stereocenters. The highest BCUT2D eigenvalue weighted by atomic mass is 32.2. The summed E-state index contributed by atoms with van der Waals surface area (Å²) in [5.41, 5.74) is 1.14. The van der Waals surface area contributed by atoms with Gasteiger partial charge < -0.3 is 14.8 Å². The minimum Gasteiger partial charge on any atom is -0.493 e. The molecule has 0 bridgehead atoms. The summed E-state index contributed by atoms with van der Waals surface area (Å²) in [6.45, 7) is 0.0429. The summed E-state index contributed by atoms with van der Waals surface area (Å²) in [5.74, 6) is -1.29. The van der Waals surface area contributed by atoms with Gasteiger partial charge in [0.25, 0.3) is 0 Å². The average Bonchev–Trinajstić information content (AvgIpc) is 2.68. The lowest BCUT2D eigenvalue weighted by molar-refractivity contribution is -0.121. The zero-order valence-electron chi connectivity index (χ0n) is 16.3. The lowest BCUT2D eigenvalue weighted by atomic mass is 10.1. The van der Waals surface area contributed by atoms with Crippen molar-refractivity contribution in [1.29, 1.82) is 0 Å². The van der Waals surface area contributed by atoms with E-state index < -0.39 is 33.4 Å². The molecule has 6 nitrogen and oxygen atoms in total. The van der Waals surface area contributed by atoms with Crippen molar-refractivity contribution in [1.82, 2.24) is 5.32 Å². The highest BCUT2D eigenvalue weighted by Gasteiger charge is 2.29. The summed E-state index contributed by atoms with van der Waals surface area (Å²) in [4.78, 5) is 12.4. The number of methoxy groups -OCH3 is 1. The molecule has 2 aromatic carbocycles. The molecule has 0 spiro atoms. The minimum absolute atomic E-state index is 0.0206. The Bertz CT molecular complexity index is 935. The third-order valence-electron chi connectivity index (χ3n) is 4.38. The SMILES string of the molecule is COc1cc(CS(=O)(=O)[C@@H](C)C(=O)N[C@@H](C)c2ccccc2)ccc1OC(F)F. The van der Waals surface area contributed by atoms with Gasteiger partial charge in [0.2, 0.25) is 5.91 Å². The first-order chi connectivity index (χ1) is 13.6. The number of rotatable bonds is 9. The maximum Gasteiger partial charge on any atom is 0.387 e. The quantitative estimate of drug-likeness (QED) is 0.663. The first kappa shape index (κ1) is 22.6. The van der Waals surface area contributed by atoms with E-state index >= 15 is 0 Å². The van der Waals surface area contributed by atoms with Gasteiger partial charge in [-0.15, -0.1) is 0 Å². The van der Waals surface area contributed by atoms with Crippen LogP contribution in [0.5, 0.6) is 11.5 Å². The van der Waals surface area contributed by atoms with E-state index in [0.717, 1.165) is 5.56 Å². The zero-order valence-corrected chi connectivity index (χ0v) is 17.1. The standard InChI is InChI=1S/C20H23F2NO5S/c1-13(16-7-5-4-6-8-16)23-19(24)14(2)29(25,26)12-15-9-10-17(28-20(21)22)18(11-15)27-3/h4-11,13-14,20H,12H2,1-3H3,(H,23,24)/t13-,14-/m0/s1. The van der Waals surface area contributed by atoms with E-state index in [4.69, 9.17) is 4.74 Å². The molecule has 0 unspecified atom stereocenters. The molecular weight excluding hydrogens is 404 g/mol. The molecule has 0 aliphatic carbocycles. The fourth-order valence-electron chi connectivity index (χ4n) is 2.67. The van der Waals surface area contributed by atoms with E-state index in [1.165, 1.54) is 32.2 Å². The van der Waals surface area contributed by atoms with Crippen molar-refractivity contribution in [2.75, 3.05) is 7.11 Å². The first-order valence-electron chi connectivity index (χ1n) is 8.82. The van der Waals surface area contributed by atoms with Crippen molar-refractivity contribution in [2.24, 2.45) is 0 Å². The molecule has 0 radical (unpaired) electrons. The predicted octanol–water partition coefficient (Wildman–Crippen LogP) is 3.48. The van der Waals surface area contributed by atoms with Gasteiger partial charge in [-0.05, 0) is 37.1 Å². The van der Waals surface area contributed by atoms with Gasteiger partial charge in [-0.25, -0.2) is 8.42 Å². The van der Waals surface area contributed by atoms with Crippen LogP contribution in [0.2, 0.25) is 0 Å². The molecule has 0 saturated heterocycles. The van der Waals surface area contributed by atoms with Crippen LogP contribution in [0.1, 0.15) is 31.0 Å². The molecule has 0 heterocycles. The van der Waals surface area contributed by atoms with Crippen LogP contribution < -0.4 is 14.8 Å². The largest absolute Gasteiger partial charge is 0.493 e. The molecule has 1 N–H and O–H groups in total. The van der Waals surface area contributed by atoms with Crippen LogP contribution in [-0.4, -0.2) is 33.3 Å². The van der Waals surface area contributed by atoms with Gasteiger partial charge >= 0.3 is 6.61 Å². The van der Waals surface area contributed by atoms with E-state index in [1.807, 2.05) is 30.3 Å². The number of halogens is 2. The topological polar surface area (TPSA) is 81.7 Å². The summed E-state index contributed by atoms with van der Waals surface area (Å²) in [6.07, 6.45) is 0. The maximum absolute atomic E-state index is 12.7. The van der Waals surface area contributed by atoms with Gasteiger partial charge in [0, 0.05) is 0 Å². The Morgan fingerprint density at radius 3 is 2.31 bits per heavy atom. The predicted molar refractivity (Wildman–Crippen MR) is 105 cm³/mol. The van der Waals surface area contributed by atoms with Crippen LogP contribution in [-0.2, 0) is 20.4 Å². The molecular formula is C20H23F2NO5S. The van der Waals surface area contributed by atoms with Gasteiger partial charge in [0.05, 0.1) is 18.9 Å². The summed E-state index contributed by atoms with van der Waals surface area (Å²) < 4.78 is 59.5. The highest BCUT2D eigenvalue weighted by molar-refractivity contribution is 7.92. The molecule has 0 aliphatic heterocycles. The molecule has 2 rings (SSSR count). The van der Waals surface area contributed by atoms with Crippen LogP contribution in [0.3, 0.4) is 0 Å². The number of alkyl halides is 2. The number of hydrogen-bond donors (Lipinski definition) is 1. The summed E-state index contributed by atoms with van der Waals surface area (Å²) in [6, 6.07) is 12.7. The smallest absolute Gasteiger partial charge is 0.387 e. The van der Waals surface area contributed by atoms with Gasteiger partial charge in [-0.2, -0.15) is 8.78 Å². The van der Waals surface area contributed by atoms with Crippen molar-refractivity contribution in [3.63, 3.8) is 0 Å². The lowest BCUT2D eigenvalue weighted by Crippen LogP contribution is -2.39. The second-order valence-corrected chi connectivity index (χ2v) is 8.78. The number of sulfone groups is 1. The Labute approximate surface area is 168 Å². The second kappa shape index (κ2) is 9.69. The monoisotopic (exact) mass is 427 g/mol. The van der Waals surface area contributed by atoms with Crippen LogP contribution in [0, 0.1) is 0 Å². The van der Waals surface area contributed by atoms with Crippen molar-refractivity contribution >= 4 is 15.7 Å². The van der Waals surface area contributed by atoms with Gasteiger partial charge in [-0.3, -0.25) is 4.79 Å². The molecule has 158 valence electrons. The van der Waals surface area contributed by atoms with Crippen LogP contribution in [0.25, 0.3) is 0 Å². The third kappa shape index (κ3) is 6.15. The fraction of sp³-hybridized carbons (Fsp3) is 0.350. The summed E-state index contributed by atoms with van der Waals surface area (Å²) >= 11 is 0. The summed E-state index contributed by atoms with van der Waals surface area (Å²) in [7, 11) is -2.60. The van der Waals surface area contributed by atoms with Crippen molar-refractivity contribution < 1.29 is 31.5 Å². The Morgan fingerprint density at radius 2 is 1.72 bits per heavy atom. The fourth-order valence-corrected chi connectivity index (χ4v) is 3.96. The molecule has 0 fully saturated rings. The molecule has 9 heteroatoms. The minimum atomic E-state index is -3.86. The van der Waals surface area contributed by atoms with Crippen LogP contribution in [0.15, 0.2) is 48.5 Å². The second-order valence-electron chi connectivity index (χ2n) is 6.45. The number of ether oxygens (including phenoxy) is 2. The van der Waals surface area contributed by atoms with E-state index in [-0.39, 0.29) is 17.5 Å². The highest BCUT2D eigenvalue weighted by Crippen LogP contribution is 2.30. The first-order valence-corrected chi connectivity index (χ1v) is 10.5. The van der Waals surface area contributed by atoms with Gasteiger partial charge in [0.15, 0.2) is 21.3 Å². The van der Waals surface area contributed by atoms with Crippen molar-refractivity contribution in [3.8, 4) is 11.5 Å². The molecule has 0 saturated carbocycles. The molecule has 29 heavy (non-hydrogen) atoms. The Hall–Kier alpha value is -2.68. The number of nitrogens with one attached hydrogen (secondary N) is 1. The van der Waals surface area contributed by atoms with Gasteiger partial charge in [0.1, 0.15) is 5.25 Å².